The van der Waals surface area contributed by atoms with E-state index in [9.17, 15) is 24.6 Å². The summed E-state index contributed by atoms with van der Waals surface area (Å²) >= 11 is 11.5. The average Bonchev–Trinajstić information content (AvgIpc) is 3.09. The van der Waals surface area contributed by atoms with Crippen molar-refractivity contribution in [1.82, 2.24) is 9.80 Å². The fourth-order valence-corrected chi connectivity index (χ4v) is 6.03. The highest BCUT2D eigenvalue weighted by molar-refractivity contribution is 6.68. The molecule has 2 N–H and O–H groups in total. The predicted molar refractivity (Wildman–Crippen MR) is 170 cm³/mol. The third-order valence-corrected chi connectivity index (χ3v) is 8.46. The Labute approximate surface area is 266 Å². The summed E-state index contributed by atoms with van der Waals surface area (Å²) in [6.07, 6.45) is -2.07. The summed E-state index contributed by atoms with van der Waals surface area (Å²) in [6.45, 7) is 0.0970. The molecule has 0 aliphatic carbocycles. The van der Waals surface area contributed by atoms with Crippen molar-refractivity contribution >= 4 is 39.7 Å². The molecule has 0 spiro atoms. The van der Waals surface area contributed by atoms with Gasteiger partial charge in [-0.2, -0.15) is 0 Å². The summed E-state index contributed by atoms with van der Waals surface area (Å²) in [5, 5.41) is 22.4. The van der Waals surface area contributed by atoms with E-state index in [0.29, 0.717) is 11.1 Å². The molecule has 4 atom stereocenters. The molecule has 4 aromatic carbocycles. The van der Waals surface area contributed by atoms with Crippen LogP contribution in [-0.2, 0) is 25.9 Å². The topological polar surface area (TPSA) is 98.2 Å². The van der Waals surface area contributed by atoms with Crippen LogP contribution in [0.1, 0.15) is 43.0 Å². The zero-order chi connectivity index (χ0) is 31.2. The molecule has 1 saturated heterocycles. The summed E-state index contributed by atoms with van der Waals surface area (Å²) in [4.78, 5) is 41.7. The van der Waals surface area contributed by atoms with Crippen molar-refractivity contribution in [3.8, 4) is 0 Å². The Morgan fingerprint density at radius 2 is 0.932 bits per heavy atom. The smallest absolute Gasteiger partial charge is 0.321 e. The second-order valence-electron chi connectivity index (χ2n) is 11.0. The van der Waals surface area contributed by atoms with E-state index in [1.54, 1.807) is 58.3 Å². The maximum atomic E-state index is 14.7. The summed E-state index contributed by atoms with van der Waals surface area (Å²) in [5.41, 5.74) is 3.61. The number of rotatable bonds is 10. The first-order chi connectivity index (χ1) is 21.2. The summed E-state index contributed by atoms with van der Waals surface area (Å²) < 4.78 is 0. The fourth-order valence-electron chi connectivity index (χ4n) is 5.79. The number of amides is 2. The van der Waals surface area contributed by atoms with E-state index in [1.165, 1.54) is 0 Å². The first-order valence-electron chi connectivity index (χ1n) is 14.3. The highest BCUT2D eigenvalue weighted by Gasteiger charge is 2.46. The molecule has 4 aromatic rings. The van der Waals surface area contributed by atoms with Crippen LogP contribution >= 0.6 is 23.2 Å². The van der Waals surface area contributed by atoms with E-state index in [2.05, 4.69) is 0 Å². The Kier molecular flexibility index (Phi) is 10.1. The Bertz CT molecular complexity index is 1500. The second-order valence-corrected chi connectivity index (χ2v) is 11.7. The van der Waals surface area contributed by atoms with Gasteiger partial charge in [-0.3, -0.25) is 9.59 Å². The Hall–Kier alpha value is -4.01. The lowest BCUT2D eigenvalue weighted by molar-refractivity contribution is -0.0408. The summed E-state index contributed by atoms with van der Waals surface area (Å²) in [6, 6.07) is 30.3. The molecule has 0 radical (unpaired) electrons. The van der Waals surface area contributed by atoms with Gasteiger partial charge in [0.25, 0.3) is 10.5 Å². The highest BCUT2D eigenvalue weighted by Crippen LogP contribution is 2.30. The summed E-state index contributed by atoms with van der Waals surface area (Å²) in [7, 11) is 0. The van der Waals surface area contributed by atoms with Gasteiger partial charge in [-0.1, -0.05) is 97.1 Å². The van der Waals surface area contributed by atoms with Crippen molar-refractivity contribution in [3.05, 3.63) is 143 Å². The van der Waals surface area contributed by atoms with Crippen molar-refractivity contribution in [2.75, 3.05) is 0 Å². The van der Waals surface area contributed by atoms with Crippen molar-refractivity contribution in [1.29, 1.82) is 0 Å². The molecule has 5 rings (SSSR count). The average molecular weight is 632 g/mol. The van der Waals surface area contributed by atoms with Crippen LogP contribution in [-0.4, -0.2) is 60.8 Å². The first-order valence-corrected chi connectivity index (χ1v) is 15.1. The number of carbonyl (C=O) groups is 3. The minimum atomic E-state index is -1.31. The molecule has 226 valence electrons. The molecule has 1 fully saturated rings. The Morgan fingerprint density at radius 3 is 1.30 bits per heavy atom. The third kappa shape index (κ3) is 7.37. The van der Waals surface area contributed by atoms with Crippen molar-refractivity contribution < 1.29 is 24.6 Å². The van der Waals surface area contributed by atoms with Crippen LogP contribution in [0, 0.1) is 0 Å². The maximum Gasteiger partial charge on any atom is 0.321 e. The zero-order valence-corrected chi connectivity index (χ0v) is 25.3. The standard InChI is InChI=1S/C35H32Cl2N2O5/c36-33(42)27-15-7-13-25(17-27)21-38-29(19-23-9-3-1-4-10-23)31(40)32(41)30(20-24-11-5-2-6-12-24)39(35(38)44)22-26-14-8-16-28(18-26)34(37)43/h1-18,29-32,40-41H,19-22H2/t29-,30-,31+,32+/m1/s1. The fraction of sp³-hybridized carbons (Fsp3) is 0.229. The van der Waals surface area contributed by atoms with Gasteiger partial charge in [-0.05, 0) is 70.4 Å². The van der Waals surface area contributed by atoms with Crippen LogP contribution < -0.4 is 0 Å². The van der Waals surface area contributed by atoms with Crippen molar-refractivity contribution in [2.24, 2.45) is 0 Å². The van der Waals surface area contributed by atoms with E-state index < -0.39 is 40.8 Å². The van der Waals surface area contributed by atoms with E-state index in [1.807, 2.05) is 60.7 Å². The predicted octanol–water partition coefficient (Wildman–Crippen LogP) is 5.83. The van der Waals surface area contributed by atoms with Gasteiger partial charge >= 0.3 is 6.03 Å². The van der Waals surface area contributed by atoms with E-state index in [0.717, 1.165) is 11.1 Å². The molecule has 44 heavy (non-hydrogen) atoms. The molecule has 0 saturated carbocycles. The molecule has 1 aliphatic rings. The Morgan fingerprint density at radius 1 is 0.568 bits per heavy atom. The molecule has 2 amide bonds. The first kappa shape index (κ1) is 31.4. The van der Waals surface area contributed by atoms with Gasteiger partial charge < -0.3 is 20.0 Å². The monoisotopic (exact) mass is 630 g/mol. The molecular formula is C35H32Cl2N2O5. The third-order valence-electron chi connectivity index (χ3n) is 8.02. The number of halogens is 2. The van der Waals surface area contributed by atoms with Gasteiger partial charge in [0.1, 0.15) is 12.2 Å². The molecule has 0 bridgehead atoms. The largest absolute Gasteiger partial charge is 0.388 e. The highest BCUT2D eigenvalue weighted by atomic mass is 35.5. The Balaban J connectivity index is 1.61. The van der Waals surface area contributed by atoms with Gasteiger partial charge in [0, 0.05) is 24.2 Å². The van der Waals surface area contributed by atoms with Gasteiger partial charge in [0.15, 0.2) is 0 Å². The van der Waals surface area contributed by atoms with Crippen LogP contribution in [0.3, 0.4) is 0 Å². The molecule has 0 unspecified atom stereocenters. The van der Waals surface area contributed by atoms with E-state index in [4.69, 9.17) is 23.2 Å². The maximum absolute atomic E-state index is 14.7. The van der Waals surface area contributed by atoms with Crippen LogP contribution in [0.2, 0.25) is 0 Å². The number of carbonyl (C=O) groups excluding carboxylic acids is 3. The van der Waals surface area contributed by atoms with Crippen LogP contribution in [0.25, 0.3) is 0 Å². The molecule has 1 heterocycles. The summed E-state index contributed by atoms with van der Waals surface area (Å²) in [5.74, 6) is 0. The molecule has 0 aromatic heterocycles. The van der Waals surface area contributed by atoms with Crippen LogP contribution in [0.4, 0.5) is 4.79 Å². The van der Waals surface area contributed by atoms with E-state index in [-0.39, 0.29) is 37.1 Å². The van der Waals surface area contributed by atoms with Crippen molar-refractivity contribution in [2.45, 2.75) is 50.2 Å². The normalized spacial score (nSPS) is 20.3. The van der Waals surface area contributed by atoms with Gasteiger partial charge in [0.05, 0.1) is 12.1 Å². The number of hydrogen-bond donors (Lipinski definition) is 2. The minimum absolute atomic E-state index is 0.0485. The molecule has 1 aliphatic heterocycles. The van der Waals surface area contributed by atoms with E-state index >= 15 is 0 Å². The van der Waals surface area contributed by atoms with Crippen LogP contribution in [0.15, 0.2) is 109 Å². The van der Waals surface area contributed by atoms with Crippen molar-refractivity contribution in [3.63, 3.8) is 0 Å². The lowest BCUT2D eigenvalue weighted by atomic mass is 9.91. The zero-order valence-electron chi connectivity index (χ0n) is 23.8. The number of nitrogens with zero attached hydrogens (tertiary/aromatic N) is 2. The lowest BCUT2D eigenvalue weighted by Crippen LogP contribution is -2.50. The molecule has 9 heteroatoms. The van der Waals surface area contributed by atoms with Gasteiger partial charge in [-0.25, -0.2) is 4.79 Å². The van der Waals surface area contributed by atoms with Gasteiger partial charge in [-0.15, -0.1) is 0 Å². The number of aliphatic hydroxyl groups is 2. The number of urea groups is 1. The minimum Gasteiger partial charge on any atom is -0.388 e. The number of benzene rings is 4. The lowest BCUT2D eigenvalue weighted by Gasteiger charge is -2.36. The molecular weight excluding hydrogens is 599 g/mol. The number of aliphatic hydroxyl groups excluding tert-OH is 2. The number of hydrogen-bond acceptors (Lipinski definition) is 5. The quantitative estimate of drug-likeness (QED) is 0.215. The molecule has 7 nitrogen and oxygen atoms in total. The van der Waals surface area contributed by atoms with Crippen LogP contribution in [0.5, 0.6) is 0 Å². The van der Waals surface area contributed by atoms with Gasteiger partial charge in [0.2, 0.25) is 0 Å². The second kappa shape index (κ2) is 14.2. The SMILES string of the molecule is O=C(Cl)c1cccc(CN2C(=O)N(Cc3cccc(C(=O)Cl)c3)[C@H](Cc3ccccc3)[C@H](O)[C@@H](O)[C@H]2Cc2ccccc2)c1.